The summed E-state index contributed by atoms with van der Waals surface area (Å²) < 4.78 is 58.1. The minimum Gasteiger partial charge on any atom is -0.378 e. The van der Waals surface area contributed by atoms with E-state index < -0.39 is 20.0 Å². The Balaban J connectivity index is 1.96. The molecule has 1 aliphatic heterocycles. The van der Waals surface area contributed by atoms with Crippen LogP contribution in [0.3, 0.4) is 0 Å². The molecule has 1 heterocycles. The molecule has 7 nitrogen and oxygen atoms in total. The predicted molar refractivity (Wildman–Crippen MR) is 91.8 cm³/mol. The van der Waals surface area contributed by atoms with E-state index in [0.29, 0.717) is 19.8 Å². The van der Waals surface area contributed by atoms with Gasteiger partial charge in [-0.2, -0.15) is 4.31 Å². The van der Waals surface area contributed by atoms with Crippen molar-refractivity contribution in [1.82, 2.24) is 9.03 Å². The van der Waals surface area contributed by atoms with Crippen molar-refractivity contribution in [3.63, 3.8) is 0 Å². The van der Waals surface area contributed by atoms with Crippen LogP contribution in [0.1, 0.15) is 19.4 Å². The second kappa shape index (κ2) is 7.92. The molecule has 0 spiro atoms. The minimum atomic E-state index is -3.71. The Morgan fingerprint density at radius 1 is 1.21 bits per heavy atom. The Hall–Kier alpha value is -1.00. The quantitative estimate of drug-likeness (QED) is 0.751. The highest BCUT2D eigenvalue weighted by molar-refractivity contribution is 7.90. The monoisotopic (exact) mass is 376 g/mol. The maximum Gasteiger partial charge on any atom is 0.240 e. The van der Waals surface area contributed by atoms with E-state index in [0.717, 1.165) is 12.0 Å². The third-order valence-electron chi connectivity index (χ3n) is 3.96. The second-order valence-corrected chi connectivity index (χ2v) is 9.55. The summed E-state index contributed by atoms with van der Waals surface area (Å²) in [6.45, 7) is 4.61. The van der Waals surface area contributed by atoms with Crippen LogP contribution in [0.25, 0.3) is 0 Å². The Labute approximate surface area is 144 Å². The van der Waals surface area contributed by atoms with E-state index in [2.05, 4.69) is 4.72 Å². The molecule has 1 aliphatic rings. The number of nitrogens with zero attached hydrogens (tertiary/aromatic N) is 1. The zero-order chi connectivity index (χ0) is 17.8. The molecule has 0 bridgehead atoms. The summed E-state index contributed by atoms with van der Waals surface area (Å²) in [6, 6.07) is 6.32. The molecule has 1 fully saturated rings. The molecule has 1 aromatic rings. The summed E-state index contributed by atoms with van der Waals surface area (Å²) >= 11 is 0. The first-order valence-corrected chi connectivity index (χ1v) is 11.0. The molecule has 1 atom stereocenters. The molecule has 0 aromatic heterocycles. The summed E-state index contributed by atoms with van der Waals surface area (Å²) in [5.74, 6) is -0.274. The summed E-state index contributed by atoms with van der Waals surface area (Å²) in [5.41, 5.74) is 1.04. The van der Waals surface area contributed by atoms with Crippen molar-refractivity contribution < 1.29 is 21.6 Å². The Morgan fingerprint density at radius 3 is 2.46 bits per heavy atom. The van der Waals surface area contributed by atoms with Crippen LogP contribution in [0.15, 0.2) is 29.2 Å². The molecular formula is C15H24N2O5S2. The topological polar surface area (TPSA) is 92.8 Å². The molecule has 1 saturated heterocycles. The average Bonchev–Trinajstić information content (AvgIpc) is 2.54. The summed E-state index contributed by atoms with van der Waals surface area (Å²) in [5, 5.41) is 0. The Morgan fingerprint density at radius 2 is 1.88 bits per heavy atom. The van der Waals surface area contributed by atoms with Crippen molar-refractivity contribution in [2.24, 2.45) is 0 Å². The molecule has 2 rings (SSSR count). The van der Waals surface area contributed by atoms with E-state index in [1.165, 1.54) is 16.4 Å². The number of sulfonamides is 2. The molecule has 1 N–H and O–H groups in total. The SMILES string of the molecule is CCc1ccc(S(=O)(=O)NCCS(=O)(=O)N2CCOCC2C)cc1. The highest BCUT2D eigenvalue weighted by atomic mass is 32.2. The number of aryl methyl sites for hydroxylation is 1. The number of hydrogen-bond donors (Lipinski definition) is 1. The lowest BCUT2D eigenvalue weighted by Crippen LogP contribution is -2.49. The van der Waals surface area contributed by atoms with Gasteiger partial charge < -0.3 is 4.74 Å². The van der Waals surface area contributed by atoms with E-state index in [9.17, 15) is 16.8 Å². The lowest BCUT2D eigenvalue weighted by Gasteiger charge is -2.32. The molecule has 0 aliphatic carbocycles. The van der Waals surface area contributed by atoms with Crippen LogP contribution in [0.4, 0.5) is 0 Å². The van der Waals surface area contributed by atoms with Gasteiger partial charge in [0.1, 0.15) is 0 Å². The molecular weight excluding hydrogens is 352 g/mol. The van der Waals surface area contributed by atoms with Gasteiger partial charge in [-0.3, -0.25) is 0 Å². The number of hydrogen-bond acceptors (Lipinski definition) is 5. The van der Waals surface area contributed by atoms with Gasteiger partial charge in [0.15, 0.2) is 0 Å². The first-order valence-electron chi connectivity index (χ1n) is 7.92. The summed E-state index contributed by atoms with van der Waals surface area (Å²) in [7, 11) is -7.23. The van der Waals surface area contributed by atoms with Gasteiger partial charge in [0.25, 0.3) is 0 Å². The van der Waals surface area contributed by atoms with Gasteiger partial charge in [0.2, 0.25) is 20.0 Å². The fourth-order valence-corrected chi connectivity index (χ4v) is 5.25. The van der Waals surface area contributed by atoms with E-state index in [-0.39, 0.29) is 23.2 Å². The molecule has 1 aromatic carbocycles. The lowest BCUT2D eigenvalue weighted by molar-refractivity contribution is 0.0393. The molecule has 136 valence electrons. The predicted octanol–water partition coefficient (Wildman–Crippen LogP) is 0.578. The molecule has 0 saturated carbocycles. The van der Waals surface area contributed by atoms with E-state index >= 15 is 0 Å². The molecule has 1 unspecified atom stereocenters. The smallest absolute Gasteiger partial charge is 0.240 e. The van der Waals surface area contributed by atoms with Gasteiger partial charge in [-0.25, -0.2) is 21.6 Å². The zero-order valence-electron chi connectivity index (χ0n) is 13.9. The summed E-state index contributed by atoms with van der Waals surface area (Å²) in [4.78, 5) is 0.136. The van der Waals surface area contributed by atoms with Crippen LogP contribution >= 0.6 is 0 Å². The van der Waals surface area contributed by atoms with Crippen molar-refractivity contribution in [3.8, 4) is 0 Å². The maximum absolute atomic E-state index is 12.3. The Kier molecular flexibility index (Phi) is 6.38. The first kappa shape index (κ1) is 19.3. The van der Waals surface area contributed by atoms with Gasteiger partial charge in [-0.05, 0) is 31.0 Å². The molecule has 9 heteroatoms. The number of benzene rings is 1. The third kappa shape index (κ3) is 4.76. The van der Waals surface area contributed by atoms with Crippen LogP contribution < -0.4 is 4.72 Å². The van der Waals surface area contributed by atoms with Crippen LogP contribution in [0, 0.1) is 0 Å². The normalized spacial score (nSPS) is 20.2. The van der Waals surface area contributed by atoms with Crippen LogP contribution in [-0.2, 0) is 31.2 Å². The fraction of sp³-hybridized carbons (Fsp3) is 0.600. The van der Waals surface area contributed by atoms with Gasteiger partial charge in [0, 0.05) is 19.1 Å². The standard InChI is InChI=1S/C15H24N2O5S2/c1-3-14-4-6-15(7-5-14)24(20,21)16-8-11-23(18,19)17-9-10-22-12-13(17)2/h4-7,13,16H,3,8-12H2,1-2H3. The number of nitrogens with one attached hydrogen (secondary N) is 1. The average molecular weight is 377 g/mol. The van der Waals surface area contributed by atoms with Gasteiger partial charge in [0.05, 0.1) is 23.9 Å². The molecule has 0 radical (unpaired) electrons. The van der Waals surface area contributed by atoms with Gasteiger partial charge >= 0.3 is 0 Å². The van der Waals surface area contributed by atoms with Crippen LogP contribution in [0.5, 0.6) is 0 Å². The zero-order valence-corrected chi connectivity index (χ0v) is 15.6. The van der Waals surface area contributed by atoms with E-state index in [1.54, 1.807) is 19.1 Å². The Bertz CT molecular complexity index is 745. The van der Waals surface area contributed by atoms with Crippen molar-refractivity contribution in [1.29, 1.82) is 0 Å². The second-order valence-electron chi connectivity index (χ2n) is 5.75. The van der Waals surface area contributed by atoms with Crippen molar-refractivity contribution >= 4 is 20.0 Å². The third-order valence-corrected chi connectivity index (χ3v) is 7.41. The van der Waals surface area contributed by atoms with Gasteiger partial charge in [-0.1, -0.05) is 19.1 Å². The number of morpholine rings is 1. The number of ether oxygens (including phenoxy) is 1. The van der Waals surface area contributed by atoms with Crippen LogP contribution in [-0.4, -0.2) is 59.2 Å². The first-order chi connectivity index (χ1) is 11.3. The van der Waals surface area contributed by atoms with Crippen LogP contribution in [0.2, 0.25) is 0 Å². The van der Waals surface area contributed by atoms with Crippen molar-refractivity contribution in [3.05, 3.63) is 29.8 Å². The van der Waals surface area contributed by atoms with Crippen molar-refractivity contribution in [2.45, 2.75) is 31.2 Å². The molecule has 24 heavy (non-hydrogen) atoms. The fourth-order valence-electron chi connectivity index (χ4n) is 2.54. The summed E-state index contributed by atoms with van der Waals surface area (Å²) in [6.07, 6.45) is 0.823. The molecule has 0 amide bonds. The van der Waals surface area contributed by atoms with E-state index in [4.69, 9.17) is 4.74 Å². The number of rotatable bonds is 7. The lowest BCUT2D eigenvalue weighted by atomic mass is 10.2. The van der Waals surface area contributed by atoms with E-state index in [1.807, 2.05) is 6.92 Å². The highest BCUT2D eigenvalue weighted by Gasteiger charge is 2.30. The van der Waals surface area contributed by atoms with Crippen molar-refractivity contribution in [2.75, 3.05) is 32.1 Å². The largest absolute Gasteiger partial charge is 0.378 e. The minimum absolute atomic E-state index is 0.136. The maximum atomic E-state index is 12.3. The highest BCUT2D eigenvalue weighted by Crippen LogP contribution is 2.13. The van der Waals surface area contributed by atoms with Gasteiger partial charge in [-0.15, -0.1) is 0 Å².